The fraction of sp³-hybridized carbons (Fsp3) is 0.769. The molecule has 1 aromatic rings. The van der Waals surface area contributed by atoms with Crippen LogP contribution in [0.3, 0.4) is 0 Å². The van der Waals surface area contributed by atoms with Gasteiger partial charge in [-0.2, -0.15) is 5.10 Å². The van der Waals surface area contributed by atoms with Crippen LogP contribution in [0, 0.1) is 12.8 Å². The van der Waals surface area contributed by atoms with Crippen LogP contribution >= 0.6 is 11.6 Å². The summed E-state index contributed by atoms with van der Waals surface area (Å²) in [7, 11) is 0. The topological polar surface area (TPSA) is 29.9 Å². The van der Waals surface area contributed by atoms with Crippen molar-refractivity contribution >= 4 is 11.6 Å². The maximum atomic E-state index is 6.35. The van der Waals surface area contributed by atoms with Crippen molar-refractivity contribution in [2.24, 2.45) is 5.92 Å². The molecule has 0 radical (unpaired) electrons. The van der Waals surface area contributed by atoms with E-state index < -0.39 is 0 Å². The Hall–Kier alpha value is -0.540. The summed E-state index contributed by atoms with van der Waals surface area (Å²) in [5.41, 5.74) is 2.19. The van der Waals surface area contributed by atoms with E-state index in [1.165, 1.54) is 25.0 Å². The van der Waals surface area contributed by atoms with E-state index in [-0.39, 0.29) is 0 Å². The minimum Gasteiger partial charge on any atom is -0.316 e. The summed E-state index contributed by atoms with van der Waals surface area (Å²) in [5.74, 6) is 0.705. The van der Waals surface area contributed by atoms with Gasteiger partial charge >= 0.3 is 0 Å². The third-order valence-electron chi connectivity index (χ3n) is 3.58. The Balaban J connectivity index is 2.11. The molecule has 0 aromatic carbocycles. The Bertz CT molecular complexity index is 365. The van der Waals surface area contributed by atoms with Crippen molar-refractivity contribution < 1.29 is 0 Å². The SMILES string of the molecule is CCn1nc(C)c(Cl)c1CC1CCCCNC1. The van der Waals surface area contributed by atoms with E-state index in [0.717, 1.165) is 36.8 Å². The number of aromatic nitrogens is 2. The highest BCUT2D eigenvalue weighted by Gasteiger charge is 2.18. The number of rotatable bonds is 3. The first-order valence-electron chi connectivity index (χ1n) is 6.64. The van der Waals surface area contributed by atoms with Gasteiger partial charge in [-0.3, -0.25) is 4.68 Å². The maximum Gasteiger partial charge on any atom is 0.0847 e. The fourth-order valence-corrected chi connectivity index (χ4v) is 2.82. The van der Waals surface area contributed by atoms with Crippen LogP contribution in [0.1, 0.15) is 37.6 Å². The number of aryl methyl sites for hydroxylation is 2. The summed E-state index contributed by atoms with van der Waals surface area (Å²) in [4.78, 5) is 0. The average molecular weight is 256 g/mol. The van der Waals surface area contributed by atoms with Gasteiger partial charge in [-0.05, 0) is 52.1 Å². The molecule has 0 saturated carbocycles. The molecule has 17 heavy (non-hydrogen) atoms. The maximum absolute atomic E-state index is 6.35. The third kappa shape index (κ3) is 3.02. The second-order valence-corrected chi connectivity index (χ2v) is 5.31. The zero-order valence-corrected chi connectivity index (χ0v) is 11.6. The molecule has 1 unspecified atom stereocenters. The fourth-order valence-electron chi connectivity index (χ4n) is 2.60. The smallest absolute Gasteiger partial charge is 0.0847 e. The Labute approximate surface area is 109 Å². The van der Waals surface area contributed by atoms with Gasteiger partial charge < -0.3 is 5.32 Å². The van der Waals surface area contributed by atoms with Gasteiger partial charge in [0.25, 0.3) is 0 Å². The Morgan fingerprint density at radius 3 is 3.06 bits per heavy atom. The summed E-state index contributed by atoms with van der Waals surface area (Å²) in [6.45, 7) is 7.30. The molecule has 0 bridgehead atoms. The molecular weight excluding hydrogens is 234 g/mol. The molecule has 4 heteroatoms. The van der Waals surface area contributed by atoms with Crippen molar-refractivity contribution in [1.29, 1.82) is 0 Å². The van der Waals surface area contributed by atoms with Crippen LogP contribution in [0.25, 0.3) is 0 Å². The van der Waals surface area contributed by atoms with Gasteiger partial charge in [0, 0.05) is 6.54 Å². The third-order valence-corrected chi connectivity index (χ3v) is 4.08. The molecule has 0 amide bonds. The molecule has 0 spiro atoms. The van der Waals surface area contributed by atoms with E-state index in [9.17, 15) is 0 Å². The molecule has 1 N–H and O–H groups in total. The molecule has 1 aliphatic heterocycles. The van der Waals surface area contributed by atoms with Crippen LogP contribution in [-0.2, 0) is 13.0 Å². The van der Waals surface area contributed by atoms with E-state index in [4.69, 9.17) is 11.6 Å². The van der Waals surface area contributed by atoms with Gasteiger partial charge in [-0.1, -0.05) is 18.0 Å². The first kappa shape index (κ1) is 12.9. The van der Waals surface area contributed by atoms with Crippen LogP contribution in [0.4, 0.5) is 0 Å². The van der Waals surface area contributed by atoms with Crippen molar-refractivity contribution in [3.05, 3.63) is 16.4 Å². The van der Waals surface area contributed by atoms with Crippen molar-refractivity contribution in [2.75, 3.05) is 13.1 Å². The minimum atomic E-state index is 0.705. The molecular formula is C13H22ClN3. The molecule has 1 aliphatic rings. The van der Waals surface area contributed by atoms with E-state index >= 15 is 0 Å². The van der Waals surface area contributed by atoms with E-state index in [0.29, 0.717) is 5.92 Å². The average Bonchev–Trinajstić information content (AvgIpc) is 2.54. The Kier molecular flexibility index (Phi) is 4.46. The van der Waals surface area contributed by atoms with Gasteiger partial charge in [0.15, 0.2) is 0 Å². The van der Waals surface area contributed by atoms with Crippen LogP contribution in [0.2, 0.25) is 5.02 Å². The van der Waals surface area contributed by atoms with Crippen LogP contribution in [0.5, 0.6) is 0 Å². The summed E-state index contributed by atoms with van der Waals surface area (Å²) in [6.07, 6.45) is 4.99. The van der Waals surface area contributed by atoms with E-state index in [1.807, 2.05) is 6.92 Å². The molecule has 1 saturated heterocycles. The summed E-state index contributed by atoms with van der Waals surface area (Å²) in [5, 5.41) is 8.86. The standard InChI is InChI=1S/C13H22ClN3/c1-3-17-12(13(14)10(2)16-17)8-11-6-4-5-7-15-9-11/h11,15H,3-9H2,1-2H3. The zero-order chi connectivity index (χ0) is 12.3. The summed E-state index contributed by atoms with van der Waals surface area (Å²) >= 11 is 6.35. The minimum absolute atomic E-state index is 0.705. The molecule has 1 fully saturated rings. The lowest BCUT2D eigenvalue weighted by Crippen LogP contribution is -2.23. The zero-order valence-electron chi connectivity index (χ0n) is 10.8. The first-order chi connectivity index (χ1) is 8.22. The Morgan fingerprint density at radius 2 is 2.29 bits per heavy atom. The van der Waals surface area contributed by atoms with Gasteiger partial charge in [0.05, 0.1) is 16.4 Å². The van der Waals surface area contributed by atoms with Gasteiger partial charge in [0.1, 0.15) is 0 Å². The van der Waals surface area contributed by atoms with Crippen molar-refractivity contribution in [2.45, 2.75) is 46.1 Å². The normalized spacial score (nSPS) is 21.5. The van der Waals surface area contributed by atoms with Crippen molar-refractivity contribution in [3.63, 3.8) is 0 Å². The quantitative estimate of drug-likeness (QED) is 0.900. The molecule has 2 rings (SSSR count). The molecule has 3 nitrogen and oxygen atoms in total. The summed E-state index contributed by atoms with van der Waals surface area (Å²) < 4.78 is 2.06. The number of halogens is 1. The van der Waals surface area contributed by atoms with Crippen molar-refractivity contribution in [3.8, 4) is 0 Å². The molecule has 96 valence electrons. The van der Waals surface area contributed by atoms with Crippen molar-refractivity contribution in [1.82, 2.24) is 15.1 Å². The molecule has 1 aromatic heterocycles. The Morgan fingerprint density at radius 1 is 1.47 bits per heavy atom. The number of nitrogens with one attached hydrogen (secondary N) is 1. The lowest BCUT2D eigenvalue weighted by Gasteiger charge is -2.15. The molecule has 2 heterocycles. The highest BCUT2D eigenvalue weighted by atomic mass is 35.5. The second kappa shape index (κ2) is 5.87. The number of hydrogen-bond donors (Lipinski definition) is 1. The molecule has 1 atom stereocenters. The molecule has 0 aliphatic carbocycles. The van der Waals surface area contributed by atoms with E-state index in [2.05, 4.69) is 22.0 Å². The van der Waals surface area contributed by atoms with E-state index in [1.54, 1.807) is 0 Å². The highest BCUT2D eigenvalue weighted by Crippen LogP contribution is 2.25. The van der Waals surface area contributed by atoms with Crippen LogP contribution < -0.4 is 5.32 Å². The first-order valence-corrected chi connectivity index (χ1v) is 7.02. The predicted molar refractivity (Wildman–Crippen MR) is 71.6 cm³/mol. The second-order valence-electron chi connectivity index (χ2n) is 4.93. The van der Waals surface area contributed by atoms with Gasteiger partial charge in [-0.15, -0.1) is 0 Å². The van der Waals surface area contributed by atoms with Crippen LogP contribution in [0.15, 0.2) is 0 Å². The summed E-state index contributed by atoms with van der Waals surface area (Å²) in [6, 6.07) is 0. The lowest BCUT2D eigenvalue weighted by molar-refractivity contribution is 0.456. The lowest BCUT2D eigenvalue weighted by atomic mass is 9.97. The predicted octanol–water partition coefficient (Wildman–Crippen LogP) is 2.80. The number of hydrogen-bond acceptors (Lipinski definition) is 2. The van der Waals surface area contributed by atoms with Crippen LogP contribution in [-0.4, -0.2) is 22.9 Å². The largest absolute Gasteiger partial charge is 0.316 e. The highest BCUT2D eigenvalue weighted by molar-refractivity contribution is 6.31. The monoisotopic (exact) mass is 255 g/mol. The van der Waals surface area contributed by atoms with Gasteiger partial charge in [0.2, 0.25) is 0 Å². The number of nitrogens with zero attached hydrogens (tertiary/aromatic N) is 2. The van der Waals surface area contributed by atoms with Gasteiger partial charge in [-0.25, -0.2) is 0 Å².